The molecule has 6 heteroatoms. The first-order chi connectivity index (χ1) is 7.09. The van der Waals surface area contributed by atoms with Crippen LogP contribution in [-0.4, -0.2) is 21.2 Å². The van der Waals surface area contributed by atoms with Gasteiger partial charge in [-0.05, 0) is 12.1 Å². The third-order valence-electron chi connectivity index (χ3n) is 1.85. The molecular weight excluding hydrogens is 205 g/mol. The number of fused-ring (bicyclic) bond motifs is 1. The molecule has 0 saturated carbocycles. The van der Waals surface area contributed by atoms with Gasteiger partial charge in [0.1, 0.15) is 5.52 Å². The molecule has 0 amide bonds. The predicted molar refractivity (Wildman–Crippen MR) is 46.6 cm³/mol. The van der Waals surface area contributed by atoms with Gasteiger partial charge < -0.3 is 14.6 Å². The minimum Gasteiger partial charge on any atom is -0.479 e. The molecule has 1 aromatic carbocycles. The first kappa shape index (κ1) is 9.60. The number of para-hydroxylation sites is 1. The van der Waals surface area contributed by atoms with Crippen LogP contribution in [0.5, 0.6) is 0 Å². The van der Waals surface area contributed by atoms with Gasteiger partial charge in [0.2, 0.25) is 12.0 Å². The number of aliphatic carboxylic acids is 1. The smallest absolute Gasteiger partial charge is 0.342 e. The summed E-state index contributed by atoms with van der Waals surface area (Å²) < 4.78 is 18.0. The van der Waals surface area contributed by atoms with Crippen LogP contribution in [0, 0.1) is 5.82 Å². The summed E-state index contributed by atoms with van der Waals surface area (Å²) in [4.78, 5) is 14.0. The van der Waals surface area contributed by atoms with E-state index < -0.39 is 23.8 Å². The summed E-state index contributed by atoms with van der Waals surface area (Å²) >= 11 is 0. The topological polar surface area (TPSA) is 83.6 Å². The van der Waals surface area contributed by atoms with E-state index in [4.69, 9.17) is 14.6 Å². The number of carboxylic acids is 1. The SMILES string of the molecule is O=C(O)C(O)c1nc2c(F)cccc2o1. The van der Waals surface area contributed by atoms with Gasteiger partial charge in [-0.25, -0.2) is 14.2 Å². The zero-order valence-electron chi connectivity index (χ0n) is 7.35. The Morgan fingerprint density at radius 1 is 1.53 bits per heavy atom. The van der Waals surface area contributed by atoms with Gasteiger partial charge in [0.05, 0.1) is 0 Å². The van der Waals surface area contributed by atoms with Crippen LogP contribution in [0.3, 0.4) is 0 Å². The van der Waals surface area contributed by atoms with E-state index >= 15 is 0 Å². The lowest BCUT2D eigenvalue weighted by Gasteiger charge is -1.96. The lowest BCUT2D eigenvalue weighted by Crippen LogP contribution is -2.10. The number of aromatic nitrogens is 1. The maximum Gasteiger partial charge on any atom is 0.342 e. The number of nitrogens with zero attached hydrogens (tertiary/aromatic N) is 1. The van der Waals surface area contributed by atoms with E-state index in [0.29, 0.717) is 0 Å². The Kier molecular flexibility index (Phi) is 2.12. The number of benzene rings is 1. The van der Waals surface area contributed by atoms with Crippen LogP contribution in [0.15, 0.2) is 22.6 Å². The van der Waals surface area contributed by atoms with Crippen molar-refractivity contribution in [2.24, 2.45) is 0 Å². The third-order valence-corrected chi connectivity index (χ3v) is 1.85. The van der Waals surface area contributed by atoms with Crippen molar-refractivity contribution in [2.75, 3.05) is 0 Å². The molecule has 0 saturated heterocycles. The van der Waals surface area contributed by atoms with Crippen molar-refractivity contribution in [3.63, 3.8) is 0 Å². The third kappa shape index (κ3) is 1.55. The monoisotopic (exact) mass is 211 g/mol. The van der Waals surface area contributed by atoms with Crippen molar-refractivity contribution in [1.82, 2.24) is 4.98 Å². The molecular formula is C9H6FNO4. The molecule has 2 aromatic rings. The van der Waals surface area contributed by atoms with E-state index in [1.807, 2.05) is 0 Å². The van der Waals surface area contributed by atoms with Gasteiger partial charge in [0.15, 0.2) is 11.4 Å². The van der Waals surface area contributed by atoms with Crippen LogP contribution < -0.4 is 0 Å². The standard InChI is InChI=1S/C9H6FNO4/c10-4-2-1-3-5-6(4)11-8(15-5)7(12)9(13)14/h1-3,7,12H,(H,13,14). The Bertz CT molecular complexity index is 522. The summed E-state index contributed by atoms with van der Waals surface area (Å²) in [6.45, 7) is 0. The van der Waals surface area contributed by atoms with E-state index in [-0.39, 0.29) is 11.1 Å². The second-order valence-corrected chi connectivity index (χ2v) is 2.88. The maximum absolute atomic E-state index is 13.1. The van der Waals surface area contributed by atoms with Gasteiger partial charge in [0.25, 0.3) is 0 Å². The lowest BCUT2D eigenvalue weighted by atomic mass is 10.3. The number of oxazole rings is 1. The van der Waals surface area contributed by atoms with Crippen molar-refractivity contribution in [3.05, 3.63) is 29.9 Å². The molecule has 0 aliphatic heterocycles. The average molecular weight is 211 g/mol. The number of carbonyl (C=O) groups is 1. The van der Waals surface area contributed by atoms with Crippen molar-refractivity contribution < 1.29 is 23.8 Å². The van der Waals surface area contributed by atoms with Gasteiger partial charge in [-0.1, -0.05) is 6.07 Å². The fourth-order valence-electron chi connectivity index (χ4n) is 1.15. The second kappa shape index (κ2) is 3.32. The van der Waals surface area contributed by atoms with Crippen LogP contribution >= 0.6 is 0 Å². The Balaban J connectivity index is 2.56. The first-order valence-corrected chi connectivity index (χ1v) is 4.05. The molecule has 0 fully saturated rings. The molecule has 0 aliphatic rings. The van der Waals surface area contributed by atoms with E-state index in [0.717, 1.165) is 0 Å². The molecule has 15 heavy (non-hydrogen) atoms. The van der Waals surface area contributed by atoms with Crippen LogP contribution in [0.25, 0.3) is 11.1 Å². The van der Waals surface area contributed by atoms with Crippen LogP contribution in [0.2, 0.25) is 0 Å². The zero-order valence-corrected chi connectivity index (χ0v) is 7.35. The van der Waals surface area contributed by atoms with Crippen molar-refractivity contribution in [1.29, 1.82) is 0 Å². The van der Waals surface area contributed by atoms with Crippen LogP contribution in [0.4, 0.5) is 4.39 Å². The van der Waals surface area contributed by atoms with Gasteiger partial charge in [0, 0.05) is 0 Å². The highest BCUT2D eigenvalue weighted by Crippen LogP contribution is 2.22. The molecule has 1 aromatic heterocycles. The summed E-state index contributed by atoms with van der Waals surface area (Å²) in [5, 5.41) is 17.6. The number of hydrogen-bond donors (Lipinski definition) is 2. The Hall–Kier alpha value is -1.95. The summed E-state index contributed by atoms with van der Waals surface area (Å²) in [6, 6.07) is 4.00. The summed E-state index contributed by atoms with van der Waals surface area (Å²) in [5.74, 6) is -2.55. The predicted octanol–water partition coefficient (Wildman–Crippen LogP) is 1.08. The van der Waals surface area contributed by atoms with Crippen LogP contribution in [0.1, 0.15) is 12.0 Å². The van der Waals surface area contributed by atoms with Gasteiger partial charge in [-0.3, -0.25) is 0 Å². The fourth-order valence-corrected chi connectivity index (χ4v) is 1.15. The van der Waals surface area contributed by atoms with Gasteiger partial charge in [-0.15, -0.1) is 0 Å². The largest absolute Gasteiger partial charge is 0.479 e. The summed E-state index contributed by atoms with van der Waals surface area (Å²) in [6.07, 6.45) is -1.88. The number of rotatable bonds is 2. The molecule has 1 unspecified atom stereocenters. The number of halogens is 1. The molecule has 1 atom stereocenters. The first-order valence-electron chi connectivity index (χ1n) is 4.05. The molecule has 0 aliphatic carbocycles. The highest BCUT2D eigenvalue weighted by Gasteiger charge is 2.23. The molecule has 2 N–H and O–H groups in total. The quantitative estimate of drug-likeness (QED) is 0.776. The van der Waals surface area contributed by atoms with E-state index in [1.54, 1.807) is 0 Å². The average Bonchev–Trinajstić information content (AvgIpc) is 2.61. The highest BCUT2D eigenvalue weighted by molar-refractivity contribution is 5.76. The molecule has 0 spiro atoms. The molecule has 2 rings (SSSR count). The minimum absolute atomic E-state index is 0.0900. The Morgan fingerprint density at radius 3 is 2.87 bits per heavy atom. The normalized spacial score (nSPS) is 12.9. The number of hydrogen-bond acceptors (Lipinski definition) is 4. The lowest BCUT2D eigenvalue weighted by molar-refractivity contribution is -0.148. The molecule has 78 valence electrons. The number of carboxylic acid groups (broad SMARTS) is 1. The Morgan fingerprint density at radius 2 is 2.27 bits per heavy atom. The van der Waals surface area contributed by atoms with Crippen LogP contribution in [-0.2, 0) is 4.79 Å². The molecule has 1 heterocycles. The molecule has 0 bridgehead atoms. The van der Waals surface area contributed by atoms with E-state index in [2.05, 4.69) is 4.98 Å². The van der Waals surface area contributed by atoms with Crippen molar-refractivity contribution in [3.8, 4) is 0 Å². The number of aliphatic hydroxyl groups excluding tert-OH is 1. The van der Waals surface area contributed by atoms with Crippen molar-refractivity contribution >= 4 is 17.1 Å². The van der Waals surface area contributed by atoms with Gasteiger partial charge in [-0.2, -0.15) is 0 Å². The van der Waals surface area contributed by atoms with E-state index in [9.17, 15) is 9.18 Å². The summed E-state index contributed by atoms with van der Waals surface area (Å²) in [7, 11) is 0. The summed E-state index contributed by atoms with van der Waals surface area (Å²) in [5.41, 5.74) is 0.0121. The fraction of sp³-hybridized carbons (Fsp3) is 0.111. The highest BCUT2D eigenvalue weighted by atomic mass is 19.1. The second-order valence-electron chi connectivity index (χ2n) is 2.88. The number of aliphatic hydroxyl groups is 1. The zero-order chi connectivity index (χ0) is 11.0. The van der Waals surface area contributed by atoms with Crippen molar-refractivity contribution in [2.45, 2.75) is 6.10 Å². The minimum atomic E-state index is -1.88. The Labute approximate surface area is 82.8 Å². The molecule has 0 radical (unpaired) electrons. The molecule has 5 nitrogen and oxygen atoms in total. The maximum atomic E-state index is 13.1. The van der Waals surface area contributed by atoms with Gasteiger partial charge >= 0.3 is 5.97 Å². The van der Waals surface area contributed by atoms with E-state index in [1.165, 1.54) is 18.2 Å².